The Kier molecular flexibility index (Phi) is 3.76. The van der Waals surface area contributed by atoms with E-state index in [1.165, 1.54) is 0 Å². The molecule has 0 spiro atoms. The number of ether oxygens (including phenoxy) is 2. The largest absolute Gasteiger partial charge is 0.461 e. The van der Waals surface area contributed by atoms with Crippen molar-refractivity contribution >= 4 is 5.97 Å². The predicted molar refractivity (Wildman–Crippen MR) is 72.8 cm³/mol. The third kappa shape index (κ3) is 2.86. The quantitative estimate of drug-likeness (QED) is 0.835. The molecule has 3 rings (SSSR count). The van der Waals surface area contributed by atoms with Crippen LogP contribution in [0.25, 0.3) is 0 Å². The highest BCUT2D eigenvalue weighted by molar-refractivity contribution is 5.75. The van der Waals surface area contributed by atoms with Crippen LogP contribution < -0.4 is 0 Å². The number of aliphatic hydroxyl groups is 1. The average Bonchev–Trinajstić information content (AvgIpc) is 3.18. The highest BCUT2D eigenvalue weighted by Crippen LogP contribution is 2.45. The number of carbonyl (C=O) groups is 1. The number of esters is 1. The summed E-state index contributed by atoms with van der Waals surface area (Å²) in [6.45, 7) is 1.03. The molecule has 1 N–H and O–H groups in total. The van der Waals surface area contributed by atoms with Gasteiger partial charge in [-0.15, -0.1) is 0 Å². The number of benzene rings is 1. The third-order valence-corrected chi connectivity index (χ3v) is 4.18. The lowest BCUT2D eigenvalue weighted by Crippen LogP contribution is -2.45. The summed E-state index contributed by atoms with van der Waals surface area (Å²) in [5, 5.41) is 10.6. The molecular formula is C16H20O4. The minimum atomic E-state index is -1.03. The van der Waals surface area contributed by atoms with Crippen LogP contribution in [0.4, 0.5) is 0 Å². The van der Waals surface area contributed by atoms with Gasteiger partial charge >= 0.3 is 5.97 Å². The minimum absolute atomic E-state index is 0.245. The Morgan fingerprint density at radius 1 is 1.40 bits per heavy atom. The van der Waals surface area contributed by atoms with Gasteiger partial charge in [0, 0.05) is 13.0 Å². The summed E-state index contributed by atoms with van der Waals surface area (Å²) in [5.74, 6) is -0.469. The molecule has 1 aromatic rings. The van der Waals surface area contributed by atoms with Gasteiger partial charge in [-0.05, 0) is 24.3 Å². The molecule has 20 heavy (non-hydrogen) atoms. The molecule has 4 nitrogen and oxygen atoms in total. The van der Waals surface area contributed by atoms with Crippen molar-refractivity contribution in [2.75, 3.05) is 13.2 Å². The molecule has 2 atom stereocenters. The smallest absolute Gasteiger partial charge is 0.312 e. The first-order chi connectivity index (χ1) is 9.69. The van der Waals surface area contributed by atoms with Crippen molar-refractivity contribution in [1.29, 1.82) is 0 Å². The Morgan fingerprint density at radius 2 is 2.15 bits per heavy atom. The SMILES string of the molecule is O=C(OCc1ccccc1)C(C1CC1)C1(O)CCOC1. The number of hydrogen-bond acceptors (Lipinski definition) is 4. The molecule has 2 unspecified atom stereocenters. The molecule has 4 heteroatoms. The summed E-state index contributed by atoms with van der Waals surface area (Å²) in [4.78, 5) is 12.4. The maximum Gasteiger partial charge on any atom is 0.312 e. The summed E-state index contributed by atoms with van der Waals surface area (Å²) in [6.07, 6.45) is 2.51. The van der Waals surface area contributed by atoms with E-state index in [0.29, 0.717) is 13.0 Å². The summed E-state index contributed by atoms with van der Waals surface area (Å²) < 4.78 is 10.7. The lowest BCUT2D eigenvalue weighted by Gasteiger charge is -2.29. The van der Waals surface area contributed by atoms with Gasteiger partial charge in [-0.2, -0.15) is 0 Å². The van der Waals surface area contributed by atoms with Gasteiger partial charge in [0.15, 0.2) is 0 Å². The van der Waals surface area contributed by atoms with Gasteiger partial charge in [-0.1, -0.05) is 30.3 Å². The van der Waals surface area contributed by atoms with Crippen molar-refractivity contribution in [3.8, 4) is 0 Å². The van der Waals surface area contributed by atoms with E-state index in [-0.39, 0.29) is 25.1 Å². The van der Waals surface area contributed by atoms with Crippen LogP contribution in [-0.2, 0) is 20.9 Å². The second kappa shape index (κ2) is 5.54. The van der Waals surface area contributed by atoms with Crippen molar-refractivity contribution in [1.82, 2.24) is 0 Å². The van der Waals surface area contributed by atoms with Crippen molar-refractivity contribution in [3.63, 3.8) is 0 Å². The zero-order chi connectivity index (χ0) is 14.0. The van der Waals surface area contributed by atoms with Crippen LogP contribution >= 0.6 is 0 Å². The van der Waals surface area contributed by atoms with Gasteiger partial charge in [-0.25, -0.2) is 0 Å². The molecule has 1 aliphatic carbocycles. The fraction of sp³-hybridized carbons (Fsp3) is 0.562. The number of carbonyl (C=O) groups excluding carboxylic acids is 1. The molecule has 0 radical (unpaired) electrons. The van der Waals surface area contributed by atoms with E-state index in [0.717, 1.165) is 18.4 Å². The molecule has 0 amide bonds. The number of rotatable bonds is 5. The highest BCUT2D eigenvalue weighted by atomic mass is 16.5. The second-order valence-corrected chi connectivity index (χ2v) is 5.81. The minimum Gasteiger partial charge on any atom is -0.461 e. The van der Waals surface area contributed by atoms with Gasteiger partial charge in [0.2, 0.25) is 0 Å². The first-order valence-electron chi connectivity index (χ1n) is 7.20. The third-order valence-electron chi connectivity index (χ3n) is 4.18. The van der Waals surface area contributed by atoms with Gasteiger partial charge in [0.25, 0.3) is 0 Å². The second-order valence-electron chi connectivity index (χ2n) is 5.81. The molecule has 108 valence electrons. The van der Waals surface area contributed by atoms with Crippen molar-refractivity contribution in [2.45, 2.75) is 31.5 Å². The fourth-order valence-electron chi connectivity index (χ4n) is 2.91. The molecule has 0 bridgehead atoms. The fourth-order valence-corrected chi connectivity index (χ4v) is 2.91. The Labute approximate surface area is 118 Å². The Bertz CT molecular complexity index is 461. The van der Waals surface area contributed by atoms with Crippen LogP contribution in [0.3, 0.4) is 0 Å². The zero-order valence-electron chi connectivity index (χ0n) is 11.5. The Hall–Kier alpha value is -1.39. The maximum atomic E-state index is 12.4. The first kappa shape index (κ1) is 13.6. The Balaban J connectivity index is 1.64. The van der Waals surface area contributed by atoms with Crippen LogP contribution in [0.5, 0.6) is 0 Å². The topological polar surface area (TPSA) is 55.8 Å². The summed E-state index contributed by atoms with van der Waals surface area (Å²) in [6, 6.07) is 9.61. The van der Waals surface area contributed by atoms with Gasteiger partial charge in [0.1, 0.15) is 12.2 Å². The Morgan fingerprint density at radius 3 is 2.75 bits per heavy atom. The lowest BCUT2D eigenvalue weighted by atomic mass is 9.83. The molecule has 1 heterocycles. The normalized spacial score (nSPS) is 27.2. The van der Waals surface area contributed by atoms with E-state index in [1.54, 1.807) is 0 Å². The average molecular weight is 276 g/mol. The molecule has 1 saturated heterocycles. The maximum absolute atomic E-state index is 12.4. The summed E-state index contributed by atoms with van der Waals surface area (Å²) >= 11 is 0. The lowest BCUT2D eigenvalue weighted by molar-refractivity contribution is -0.162. The van der Waals surface area contributed by atoms with Crippen LogP contribution in [0.2, 0.25) is 0 Å². The van der Waals surface area contributed by atoms with E-state index in [4.69, 9.17) is 9.47 Å². The molecule has 1 aliphatic heterocycles. The van der Waals surface area contributed by atoms with Crippen molar-refractivity contribution in [2.24, 2.45) is 11.8 Å². The molecule has 1 saturated carbocycles. The van der Waals surface area contributed by atoms with Crippen molar-refractivity contribution in [3.05, 3.63) is 35.9 Å². The van der Waals surface area contributed by atoms with Gasteiger partial charge in [0.05, 0.1) is 12.5 Å². The van der Waals surface area contributed by atoms with E-state index in [9.17, 15) is 9.90 Å². The molecule has 0 aromatic heterocycles. The highest BCUT2D eigenvalue weighted by Gasteiger charge is 2.52. The number of hydrogen-bond donors (Lipinski definition) is 1. The van der Waals surface area contributed by atoms with Crippen molar-refractivity contribution < 1.29 is 19.4 Å². The van der Waals surface area contributed by atoms with E-state index in [2.05, 4.69) is 0 Å². The van der Waals surface area contributed by atoms with Crippen LogP contribution in [0.15, 0.2) is 30.3 Å². The van der Waals surface area contributed by atoms with E-state index in [1.807, 2.05) is 30.3 Å². The molecule has 2 fully saturated rings. The van der Waals surface area contributed by atoms with E-state index < -0.39 is 11.5 Å². The van der Waals surface area contributed by atoms with E-state index >= 15 is 0 Å². The summed E-state index contributed by atoms with van der Waals surface area (Å²) in [7, 11) is 0. The van der Waals surface area contributed by atoms with Crippen LogP contribution in [0.1, 0.15) is 24.8 Å². The zero-order valence-corrected chi connectivity index (χ0v) is 11.5. The van der Waals surface area contributed by atoms with Gasteiger partial charge in [-0.3, -0.25) is 4.79 Å². The van der Waals surface area contributed by atoms with Gasteiger partial charge < -0.3 is 14.6 Å². The molecule has 1 aromatic carbocycles. The standard InChI is InChI=1S/C16H20O4/c17-15(20-10-12-4-2-1-3-5-12)14(13-6-7-13)16(18)8-9-19-11-16/h1-5,13-14,18H,6-11H2. The molecule has 2 aliphatic rings. The first-order valence-corrected chi connectivity index (χ1v) is 7.20. The molecular weight excluding hydrogens is 256 g/mol. The van der Waals surface area contributed by atoms with Crippen LogP contribution in [-0.4, -0.2) is 29.9 Å². The predicted octanol–water partition coefficient (Wildman–Crippen LogP) is 1.91. The van der Waals surface area contributed by atoms with Crippen LogP contribution in [0, 0.1) is 11.8 Å². The monoisotopic (exact) mass is 276 g/mol. The summed E-state index contributed by atoms with van der Waals surface area (Å²) in [5.41, 5.74) is -0.0698.